The number of guanidine groups is 1. The summed E-state index contributed by atoms with van der Waals surface area (Å²) in [4.78, 5) is 8.01. The van der Waals surface area contributed by atoms with Gasteiger partial charge in [0.2, 0.25) is 5.96 Å². The summed E-state index contributed by atoms with van der Waals surface area (Å²) in [6.45, 7) is 6.54. The lowest BCUT2D eigenvalue weighted by molar-refractivity contribution is 0.480. The molecule has 2 aromatic rings. The molecule has 0 aromatic heterocycles. The highest BCUT2D eigenvalue weighted by atomic mass is 35.5. The zero-order valence-corrected chi connectivity index (χ0v) is 17.1. The summed E-state index contributed by atoms with van der Waals surface area (Å²) in [5, 5.41) is 3.32. The van der Waals surface area contributed by atoms with E-state index in [1.807, 2.05) is 0 Å². The van der Waals surface area contributed by atoms with Crippen LogP contribution in [0.3, 0.4) is 0 Å². The Labute approximate surface area is 180 Å². The van der Waals surface area contributed by atoms with Crippen LogP contribution < -0.4 is 14.8 Å². The molecule has 10 heteroatoms. The van der Waals surface area contributed by atoms with E-state index in [4.69, 9.17) is 27.9 Å². The van der Waals surface area contributed by atoms with Crippen LogP contribution >= 0.6 is 35.1 Å². The largest absolute Gasteiger partial charge is 0.452 e. The van der Waals surface area contributed by atoms with Crippen LogP contribution in [0.1, 0.15) is 0 Å². The van der Waals surface area contributed by atoms with Crippen LogP contribution in [0.4, 0.5) is 14.5 Å². The normalized spacial score (nSPS) is 15.0. The summed E-state index contributed by atoms with van der Waals surface area (Å²) in [5.74, 6) is -0.432. The molecule has 2 aromatic carbocycles. The molecule has 0 atom stereocenters. The van der Waals surface area contributed by atoms with Gasteiger partial charge in [0.1, 0.15) is 23.1 Å². The Hall–Kier alpha value is -2.55. The van der Waals surface area contributed by atoms with Crippen molar-refractivity contribution in [2.75, 3.05) is 11.9 Å². The number of para-hydroxylation sites is 1. The molecule has 0 unspecified atom stereocenters. The number of nitrogens with zero attached hydrogens (tertiary/aromatic N) is 2. The first-order valence-corrected chi connectivity index (χ1v) is 9.68. The molecule has 2 N–H and O–H groups in total. The molecule has 5 nitrogen and oxygen atoms in total. The number of allylic oxidation sites excluding steroid dienone is 2. The van der Waals surface area contributed by atoms with Crippen LogP contribution in [-0.4, -0.2) is 19.2 Å². The van der Waals surface area contributed by atoms with Crippen molar-refractivity contribution in [1.29, 1.82) is 0 Å². The second kappa shape index (κ2) is 9.30. The minimum absolute atomic E-state index is 0.0108. The predicted molar refractivity (Wildman–Crippen MR) is 116 cm³/mol. The first kappa shape index (κ1) is 21.2. The summed E-state index contributed by atoms with van der Waals surface area (Å²) in [7, 11) is 0. The van der Waals surface area contributed by atoms with Gasteiger partial charge in [0.05, 0.1) is 27.2 Å². The lowest BCUT2D eigenvalue weighted by atomic mass is 10.2. The third-order valence-electron chi connectivity index (χ3n) is 3.72. The Bertz CT molecular complexity index is 1040. The van der Waals surface area contributed by atoms with Gasteiger partial charge in [-0.25, -0.2) is 13.8 Å². The minimum Gasteiger partial charge on any atom is -0.452 e. The average molecular weight is 455 g/mol. The van der Waals surface area contributed by atoms with Gasteiger partial charge >= 0.3 is 0 Å². The van der Waals surface area contributed by atoms with E-state index >= 15 is 0 Å². The van der Waals surface area contributed by atoms with Crippen molar-refractivity contribution < 1.29 is 13.5 Å². The fraction of sp³-hybridized carbons (Fsp3) is 0.0526. The zero-order valence-electron chi connectivity index (χ0n) is 14.8. The number of hydrogen-bond acceptors (Lipinski definition) is 4. The first-order chi connectivity index (χ1) is 13.9. The van der Waals surface area contributed by atoms with Crippen molar-refractivity contribution in [3.63, 3.8) is 0 Å². The van der Waals surface area contributed by atoms with Crippen LogP contribution in [0.2, 0.25) is 10.0 Å². The summed E-state index contributed by atoms with van der Waals surface area (Å²) in [5.41, 5.74) is 0.274. The quantitative estimate of drug-likeness (QED) is 0.302. The fourth-order valence-corrected chi connectivity index (χ4v) is 3.44. The maximum atomic E-state index is 14.4. The number of ether oxygens (including phenoxy) is 1. The van der Waals surface area contributed by atoms with Crippen molar-refractivity contribution in [3.05, 3.63) is 70.4 Å². The number of nitrogens with one attached hydrogen (secondary N) is 2. The van der Waals surface area contributed by atoms with E-state index in [-0.39, 0.29) is 39.6 Å². The number of anilines is 1. The fourth-order valence-electron chi connectivity index (χ4n) is 2.32. The number of hydrogen-bond donors (Lipinski definition) is 2. The van der Waals surface area contributed by atoms with Gasteiger partial charge in [-0.15, -0.1) is 0 Å². The smallest absolute Gasteiger partial charge is 0.206 e. The lowest BCUT2D eigenvalue weighted by Gasteiger charge is -2.24. The van der Waals surface area contributed by atoms with Crippen LogP contribution in [-0.2, 0) is 0 Å². The molecule has 0 amide bonds. The van der Waals surface area contributed by atoms with Gasteiger partial charge < -0.3 is 10.1 Å². The number of fused-ring (bicyclic) bond motifs is 1. The molecular formula is C19H14Cl2F2N4OS. The topological polar surface area (TPSA) is 58.0 Å². The molecule has 3 rings (SSSR count). The average Bonchev–Trinajstić information content (AvgIpc) is 2.72. The summed E-state index contributed by atoms with van der Waals surface area (Å²) in [6.07, 6.45) is 1.01. The van der Waals surface area contributed by atoms with E-state index in [0.717, 1.165) is 24.1 Å². The highest BCUT2D eigenvalue weighted by molar-refractivity contribution is 7.98. The predicted octanol–water partition coefficient (Wildman–Crippen LogP) is 6.37. The molecule has 1 aliphatic heterocycles. The van der Waals surface area contributed by atoms with E-state index < -0.39 is 11.6 Å². The van der Waals surface area contributed by atoms with Crippen molar-refractivity contribution in [2.24, 2.45) is 9.98 Å². The maximum Gasteiger partial charge on any atom is 0.206 e. The number of benzene rings is 2. The molecule has 0 radical (unpaired) electrons. The number of rotatable bonds is 6. The Morgan fingerprint density at radius 3 is 2.72 bits per heavy atom. The summed E-state index contributed by atoms with van der Waals surface area (Å²) in [6, 6.07) is 7.95. The highest BCUT2D eigenvalue weighted by Crippen LogP contribution is 2.46. The third-order valence-corrected chi connectivity index (χ3v) is 5.21. The van der Waals surface area contributed by atoms with Crippen molar-refractivity contribution >= 4 is 53.5 Å². The second-order valence-electron chi connectivity index (χ2n) is 5.56. The molecule has 0 fully saturated rings. The molecule has 0 bridgehead atoms. The molecule has 1 aliphatic rings. The first-order valence-electron chi connectivity index (χ1n) is 8.11. The second-order valence-corrected chi connectivity index (χ2v) is 7.19. The maximum absolute atomic E-state index is 14.4. The Morgan fingerprint density at radius 2 is 2.03 bits per heavy atom. The van der Waals surface area contributed by atoms with Gasteiger partial charge in [0, 0.05) is 0 Å². The van der Waals surface area contributed by atoms with Crippen LogP contribution in [0, 0.1) is 5.82 Å². The van der Waals surface area contributed by atoms with Crippen LogP contribution in [0.15, 0.2) is 69.4 Å². The zero-order chi connectivity index (χ0) is 21.0. The van der Waals surface area contributed by atoms with E-state index in [0.29, 0.717) is 10.8 Å². The van der Waals surface area contributed by atoms with Gasteiger partial charge in [0.25, 0.3) is 0 Å². The Kier molecular flexibility index (Phi) is 6.79. The van der Waals surface area contributed by atoms with Gasteiger partial charge in [0.15, 0.2) is 5.75 Å². The van der Waals surface area contributed by atoms with Gasteiger partial charge in [-0.3, -0.25) is 9.71 Å². The molecule has 150 valence electrons. The van der Waals surface area contributed by atoms with E-state index in [1.165, 1.54) is 0 Å². The number of aliphatic imine (C=N–C) groups is 2. The van der Waals surface area contributed by atoms with E-state index in [9.17, 15) is 8.78 Å². The Morgan fingerprint density at radius 1 is 1.28 bits per heavy atom. The molecule has 1 heterocycles. The lowest BCUT2D eigenvalue weighted by Crippen LogP contribution is -2.30. The monoisotopic (exact) mass is 454 g/mol. The van der Waals surface area contributed by atoms with E-state index in [1.54, 1.807) is 24.3 Å². The third kappa shape index (κ3) is 4.72. The van der Waals surface area contributed by atoms with Crippen molar-refractivity contribution in [3.8, 4) is 11.5 Å². The molecular weight excluding hydrogens is 441 g/mol. The summed E-state index contributed by atoms with van der Waals surface area (Å²) < 4.78 is 36.7. The summed E-state index contributed by atoms with van der Waals surface area (Å²) >= 11 is 13.3. The van der Waals surface area contributed by atoms with Gasteiger partial charge in [-0.05, 0) is 42.9 Å². The van der Waals surface area contributed by atoms with Crippen LogP contribution in [0.5, 0.6) is 11.5 Å². The van der Waals surface area contributed by atoms with Gasteiger partial charge in [-0.1, -0.05) is 41.9 Å². The van der Waals surface area contributed by atoms with Gasteiger partial charge in [-0.2, -0.15) is 0 Å². The molecule has 0 aliphatic carbocycles. The SMILES string of the molecule is C=C/C(F)=C(/CN=C1NSc2c(F)cc(Cl)c(Oc3ccccc3Cl)c2N1)N=C. The van der Waals surface area contributed by atoms with Crippen molar-refractivity contribution in [2.45, 2.75) is 4.90 Å². The molecule has 0 saturated carbocycles. The number of halogens is 4. The standard InChI is InChI=1S/C19H14Cl2F2N4OS/c1-3-12(22)14(24-2)9-25-19-26-16-17(28-15-7-5-4-6-10(15)20)11(21)8-13(23)18(16)29-27-19/h3-8H,1-2,9H2,(H2,25,26,27)/b14-12+. The molecule has 0 spiro atoms. The molecule has 29 heavy (non-hydrogen) atoms. The van der Waals surface area contributed by atoms with E-state index in [2.05, 4.69) is 33.3 Å². The Balaban J connectivity index is 1.96. The molecule has 0 saturated heterocycles. The van der Waals surface area contributed by atoms with Crippen LogP contribution in [0.25, 0.3) is 0 Å². The highest BCUT2D eigenvalue weighted by Gasteiger charge is 2.25. The minimum atomic E-state index is -0.634. The van der Waals surface area contributed by atoms with Crippen molar-refractivity contribution in [1.82, 2.24) is 4.72 Å².